The van der Waals surface area contributed by atoms with Crippen molar-refractivity contribution in [1.82, 2.24) is 25.0 Å². The van der Waals surface area contributed by atoms with Gasteiger partial charge in [0.15, 0.2) is 5.82 Å². The van der Waals surface area contributed by atoms with Crippen molar-refractivity contribution < 1.29 is 9.53 Å². The molecule has 7 heteroatoms. The van der Waals surface area contributed by atoms with Crippen molar-refractivity contribution in [2.24, 2.45) is 0 Å². The van der Waals surface area contributed by atoms with Crippen molar-refractivity contribution in [3.8, 4) is 0 Å². The second-order valence-electron chi connectivity index (χ2n) is 6.06. The number of aromatic nitrogens is 3. The summed E-state index contributed by atoms with van der Waals surface area (Å²) in [7, 11) is 0. The van der Waals surface area contributed by atoms with E-state index in [0.29, 0.717) is 26.2 Å². The molecular formula is C17H23N5O2. The predicted octanol–water partition coefficient (Wildman–Crippen LogP) is 1.76. The summed E-state index contributed by atoms with van der Waals surface area (Å²) in [6, 6.07) is 9.91. The third-order valence-electron chi connectivity index (χ3n) is 4.38. The van der Waals surface area contributed by atoms with Gasteiger partial charge in [0.2, 0.25) is 0 Å². The molecule has 1 aliphatic rings. The van der Waals surface area contributed by atoms with Crippen molar-refractivity contribution in [3.63, 3.8) is 0 Å². The second kappa shape index (κ2) is 7.00. The Morgan fingerprint density at radius 1 is 1.38 bits per heavy atom. The molecular weight excluding hydrogens is 306 g/mol. The Morgan fingerprint density at radius 2 is 2.17 bits per heavy atom. The molecule has 2 amide bonds. The second-order valence-corrected chi connectivity index (χ2v) is 6.06. The summed E-state index contributed by atoms with van der Waals surface area (Å²) >= 11 is 0. The van der Waals surface area contributed by atoms with E-state index in [1.165, 1.54) is 0 Å². The molecule has 2 aromatic rings. The molecule has 1 fully saturated rings. The van der Waals surface area contributed by atoms with Gasteiger partial charge in [-0.3, -0.25) is 0 Å². The normalized spacial score (nSPS) is 20.8. The van der Waals surface area contributed by atoms with Crippen molar-refractivity contribution in [2.75, 3.05) is 19.7 Å². The Bertz CT molecular complexity index is 687. The van der Waals surface area contributed by atoms with E-state index in [1.54, 1.807) is 11.2 Å². The van der Waals surface area contributed by atoms with Gasteiger partial charge >= 0.3 is 6.03 Å². The van der Waals surface area contributed by atoms with Crippen LogP contribution in [0.2, 0.25) is 0 Å². The van der Waals surface area contributed by atoms with Gasteiger partial charge in [0, 0.05) is 13.1 Å². The Hall–Kier alpha value is -2.41. The lowest BCUT2D eigenvalue weighted by Gasteiger charge is -2.40. The van der Waals surface area contributed by atoms with Gasteiger partial charge in [0.25, 0.3) is 0 Å². The predicted molar refractivity (Wildman–Crippen MR) is 89.3 cm³/mol. The van der Waals surface area contributed by atoms with Crippen LogP contribution in [0.3, 0.4) is 0 Å². The van der Waals surface area contributed by atoms with E-state index in [9.17, 15) is 4.79 Å². The number of benzene rings is 1. The molecule has 1 aliphatic heterocycles. The third kappa shape index (κ3) is 3.41. The van der Waals surface area contributed by atoms with Gasteiger partial charge < -0.3 is 19.5 Å². The van der Waals surface area contributed by atoms with Crippen molar-refractivity contribution in [3.05, 3.63) is 48.0 Å². The minimum Gasteiger partial charge on any atom is -0.367 e. The van der Waals surface area contributed by atoms with Gasteiger partial charge in [-0.2, -0.15) is 0 Å². The molecule has 7 nitrogen and oxygen atoms in total. The van der Waals surface area contributed by atoms with Gasteiger partial charge in [0.05, 0.1) is 19.7 Å². The molecule has 0 radical (unpaired) electrons. The molecule has 0 saturated carbocycles. The standard InChI is InChI=1S/C17H23N5O2/c1-3-21-13-19-20-15(21)11-18-16(23)22-9-10-24-17(2,12-22)14-7-5-4-6-8-14/h4-8,13H,3,9-12H2,1-2H3,(H,18,23). The summed E-state index contributed by atoms with van der Waals surface area (Å²) in [5, 5.41) is 10.8. The van der Waals surface area contributed by atoms with Gasteiger partial charge in [-0.25, -0.2) is 4.79 Å². The Morgan fingerprint density at radius 3 is 2.92 bits per heavy atom. The van der Waals surface area contributed by atoms with E-state index in [1.807, 2.05) is 48.7 Å². The number of amides is 2. The molecule has 1 N–H and O–H groups in total. The molecule has 1 aromatic carbocycles. The maximum absolute atomic E-state index is 12.5. The van der Waals surface area contributed by atoms with Crippen LogP contribution < -0.4 is 5.32 Å². The van der Waals surface area contributed by atoms with Crippen LogP contribution in [0.5, 0.6) is 0 Å². The molecule has 0 aliphatic carbocycles. The fourth-order valence-corrected chi connectivity index (χ4v) is 2.96. The van der Waals surface area contributed by atoms with E-state index >= 15 is 0 Å². The molecule has 24 heavy (non-hydrogen) atoms. The number of morpholine rings is 1. The maximum Gasteiger partial charge on any atom is 0.317 e. The zero-order valence-corrected chi connectivity index (χ0v) is 14.1. The number of carbonyl (C=O) groups is 1. The number of hydrogen-bond donors (Lipinski definition) is 1. The van der Waals surface area contributed by atoms with Crippen LogP contribution in [-0.4, -0.2) is 45.4 Å². The maximum atomic E-state index is 12.5. The van der Waals surface area contributed by atoms with Crippen LogP contribution in [0, 0.1) is 0 Å². The van der Waals surface area contributed by atoms with Gasteiger partial charge in [-0.15, -0.1) is 10.2 Å². The Balaban J connectivity index is 1.63. The molecule has 128 valence electrons. The van der Waals surface area contributed by atoms with Crippen molar-refractivity contribution in [2.45, 2.75) is 32.5 Å². The first-order valence-corrected chi connectivity index (χ1v) is 8.21. The van der Waals surface area contributed by atoms with Gasteiger partial charge in [-0.1, -0.05) is 30.3 Å². The highest BCUT2D eigenvalue weighted by molar-refractivity contribution is 5.74. The summed E-state index contributed by atoms with van der Waals surface area (Å²) in [4.78, 5) is 14.3. The third-order valence-corrected chi connectivity index (χ3v) is 4.38. The van der Waals surface area contributed by atoms with Crippen LogP contribution in [-0.2, 0) is 23.4 Å². The van der Waals surface area contributed by atoms with E-state index in [0.717, 1.165) is 17.9 Å². The number of aryl methyl sites for hydroxylation is 1. The zero-order chi connectivity index (χ0) is 17.0. The minimum atomic E-state index is -0.486. The molecule has 0 spiro atoms. The fraction of sp³-hybridized carbons (Fsp3) is 0.471. The fourth-order valence-electron chi connectivity index (χ4n) is 2.96. The number of ether oxygens (including phenoxy) is 1. The molecule has 0 bridgehead atoms. The summed E-state index contributed by atoms with van der Waals surface area (Å²) in [6.07, 6.45) is 1.67. The monoisotopic (exact) mass is 329 g/mol. The molecule has 1 saturated heterocycles. The Kier molecular flexibility index (Phi) is 4.80. The Labute approximate surface area is 141 Å². The van der Waals surface area contributed by atoms with Gasteiger partial charge in [-0.05, 0) is 19.4 Å². The number of nitrogens with zero attached hydrogens (tertiary/aromatic N) is 4. The topological polar surface area (TPSA) is 72.3 Å². The molecule has 2 heterocycles. The van der Waals surface area contributed by atoms with E-state index < -0.39 is 5.60 Å². The lowest BCUT2D eigenvalue weighted by atomic mass is 9.94. The first-order chi connectivity index (χ1) is 11.6. The number of nitrogens with one attached hydrogen (secondary N) is 1. The van der Waals surface area contributed by atoms with Crippen LogP contribution in [0.1, 0.15) is 25.2 Å². The lowest BCUT2D eigenvalue weighted by molar-refractivity contribution is -0.0907. The summed E-state index contributed by atoms with van der Waals surface area (Å²) in [5.41, 5.74) is 0.591. The van der Waals surface area contributed by atoms with Crippen molar-refractivity contribution >= 4 is 6.03 Å². The highest BCUT2D eigenvalue weighted by Crippen LogP contribution is 2.29. The average Bonchev–Trinajstić information content (AvgIpc) is 3.08. The van der Waals surface area contributed by atoms with Crippen molar-refractivity contribution in [1.29, 1.82) is 0 Å². The number of carbonyl (C=O) groups excluding carboxylic acids is 1. The van der Waals surface area contributed by atoms with Crippen LogP contribution in [0.4, 0.5) is 4.79 Å². The van der Waals surface area contributed by atoms with Crippen LogP contribution >= 0.6 is 0 Å². The highest BCUT2D eigenvalue weighted by atomic mass is 16.5. The first kappa shape index (κ1) is 16.4. The average molecular weight is 329 g/mol. The zero-order valence-electron chi connectivity index (χ0n) is 14.1. The van der Waals surface area contributed by atoms with E-state index in [2.05, 4.69) is 15.5 Å². The molecule has 1 atom stereocenters. The summed E-state index contributed by atoms with van der Waals surface area (Å²) in [6.45, 7) is 6.80. The lowest BCUT2D eigenvalue weighted by Crippen LogP contribution is -2.53. The largest absolute Gasteiger partial charge is 0.367 e. The number of rotatable bonds is 4. The number of urea groups is 1. The number of hydrogen-bond acceptors (Lipinski definition) is 4. The van der Waals surface area contributed by atoms with E-state index in [4.69, 9.17) is 4.74 Å². The van der Waals surface area contributed by atoms with Crippen LogP contribution in [0.15, 0.2) is 36.7 Å². The van der Waals surface area contributed by atoms with Gasteiger partial charge in [0.1, 0.15) is 11.9 Å². The summed E-state index contributed by atoms with van der Waals surface area (Å²) < 4.78 is 7.88. The molecule has 1 unspecified atom stereocenters. The van der Waals surface area contributed by atoms with Crippen LogP contribution in [0.25, 0.3) is 0 Å². The quantitative estimate of drug-likeness (QED) is 0.928. The highest BCUT2D eigenvalue weighted by Gasteiger charge is 2.35. The van der Waals surface area contributed by atoms with E-state index in [-0.39, 0.29) is 6.03 Å². The smallest absolute Gasteiger partial charge is 0.317 e. The molecule has 1 aromatic heterocycles. The molecule has 3 rings (SSSR count). The summed E-state index contributed by atoms with van der Waals surface area (Å²) in [5.74, 6) is 0.755. The SMILES string of the molecule is CCn1cnnc1CNC(=O)N1CCOC(C)(c2ccccc2)C1. The minimum absolute atomic E-state index is 0.105. The first-order valence-electron chi connectivity index (χ1n) is 8.21.